The van der Waals surface area contributed by atoms with Gasteiger partial charge in [0, 0.05) is 6.07 Å². The highest BCUT2D eigenvalue weighted by molar-refractivity contribution is 7.99. The van der Waals surface area contributed by atoms with E-state index in [1.807, 2.05) is 36.6 Å². The summed E-state index contributed by atoms with van der Waals surface area (Å²) in [6, 6.07) is 9.86. The van der Waals surface area contributed by atoms with Crippen LogP contribution in [0.5, 0.6) is 0 Å². The van der Waals surface area contributed by atoms with Gasteiger partial charge in [-0.15, -0.1) is 10.2 Å². The first-order valence-electron chi connectivity index (χ1n) is 6.71. The second-order valence-corrected chi connectivity index (χ2v) is 6.20. The molecule has 0 bridgehead atoms. The summed E-state index contributed by atoms with van der Waals surface area (Å²) in [4.78, 5) is 8.46. The van der Waals surface area contributed by atoms with Gasteiger partial charge >= 0.3 is 0 Å². The van der Waals surface area contributed by atoms with Crippen molar-refractivity contribution in [2.75, 3.05) is 0 Å². The molecule has 0 saturated heterocycles. The van der Waals surface area contributed by atoms with Gasteiger partial charge in [0.05, 0.1) is 5.69 Å². The van der Waals surface area contributed by atoms with Crippen LogP contribution in [-0.2, 0) is 0 Å². The molecule has 112 valence electrons. The normalized spacial score (nSPS) is 10.9. The Hall–Kier alpha value is -1.92. The van der Waals surface area contributed by atoms with Crippen LogP contribution in [0.25, 0.3) is 5.69 Å². The molecule has 5 nitrogen and oxygen atoms in total. The lowest BCUT2D eigenvalue weighted by atomic mass is 10.2. The second-order valence-electron chi connectivity index (χ2n) is 4.83. The third kappa shape index (κ3) is 2.98. The van der Waals surface area contributed by atoms with Crippen molar-refractivity contribution >= 4 is 23.4 Å². The van der Waals surface area contributed by atoms with E-state index in [-0.39, 0.29) is 0 Å². The summed E-state index contributed by atoms with van der Waals surface area (Å²) >= 11 is 7.42. The minimum absolute atomic E-state index is 0.425. The number of rotatable bonds is 3. The molecule has 3 rings (SSSR count). The minimum atomic E-state index is 0.425. The van der Waals surface area contributed by atoms with Crippen molar-refractivity contribution in [2.24, 2.45) is 0 Å². The standard InChI is InChI=1S/C15H14ClN5S/c1-9-6-4-5-7-12(9)21-11(3)19-20-15(21)22-14-8-13(16)17-10(2)18-14/h4-8H,1-3H3. The fourth-order valence-corrected chi connectivity index (χ4v) is 3.38. The zero-order valence-corrected chi connectivity index (χ0v) is 14.0. The molecule has 2 aromatic heterocycles. The number of hydrogen-bond acceptors (Lipinski definition) is 5. The average Bonchev–Trinajstić information content (AvgIpc) is 2.79. The summed E-state index contributed by atoms with van der Waals surface area (Å²) in [6.07, 6.45) is 0. The van der Waals surface area contributed by atoms with Crippen molar-refractivity contribution in [2.45, 2.75) is 31.0 Å². The summed E-state index contributed by atoms with van der Waals surface area (Å²) in [6.45, 7) is 5.81. The highest BCUT2D eigenvalue weighted by Gasteiger charge is 2.15. The van der Waals surface area contributed by atoms with Gasteiger partial charge in [-0.25, -0.2) is 9.97 Å². The van der Waals surface area contributed by atoms with Gasteiger partial charge in [-0.05, 0) is 44.2 Å². The predicted molar refractivity (Wildman–Crippen MR) is 86.7 cm³/mol. The van der Waals surface area contributed by atoms with Crippen molar-refractivity contribution in [1.29, 1.82) is 0 Å². The van der Waals surface area contributed by atoms with E-state index in [0.717, 1.165) is 27.3 Å². The van der Waals surface area contributed by atoms with Gasteiger partial charge in [-0.1, -0.05) is 29.8 Å². The Morgan fingerprint density at radius 1 is 1.05 bits per heavy atom. The monoisotopic (exact) mass is 331 g/mol. The van der Waals surface area contributed by atoms with Crippen LogP contribution >= 0.6 is 23.4 Å². The van der Waals surface area contributed by atoms with E-state index in [1.165, 1.54) is 11.8 Å². The zero-order valence-electron chi connectivity index (χ0n) is 12.4. The van der Waals surface area contributed by atoms with Gasteiger partial charge < -0.3 is 0 Å². The zero-order chi connectivity index (χ0) is 15.7. The Bertz CT molecular complexity index is 810. The van der Waals surface area contributed by atoms with Crippen molar-refractivity contribution in [3.05, 3.63) is 52.7 Å². The smallest absolute Gasteiger partial charge is 0.202 e. The molecule has 0 amide bonds. The highest BCUT2D eigenvalue weighted by atomic mass is 35.5. The lowest BCUT2D eigenvalue weighted by molar-refractivity contribution is 0.856. The molecule has 0 aliphatic heterocycles. The van der Waals surface area contributed by atoms with E-state index >= 15 is 0 Å². The Balaban J connectivity index is 2.04. The van der Waals surface area contributed by atoms with Crippen molar-refractivity contribution in [3.8, 4) is 5.69 Å². The van der Waals surface area contributed by atoms with Crippen molar-refractivity contribution < 1.29 is 0 Å². The molecule has 0 N–H and O–H groups in total. The van der Waals surface area contributed by atoms with E-state index in [2.05, 4.69) is 33.2 Å². The lowest BCUT2D eigenvalue weighted by Crippen LogP contribution is -2.01. The molecule has 0 saturated carbocycles. The lowest BCUT2D eigenvalue weighted by Gasteiger charge is -2.10. The first-order chi connectivity index (χ1) is 10.5. The van der Waals surface area contributed by atoms with Gasteiger partial charge in [0.2, 0.25) is 5.16 Å². The van der Waals surface area contributed by atoms with Crippen LogP contribution < -0.4 is 0 Å². The summed E-state index contributed by atoms with van der Waals surface area (Å²) < 4.78 is 2.02. The number of nitrogens with zero attached hydrogens (tertiary/aromatic N) is 5. The fourth-order valence-electron chi connectivity index (χ4n) is 2.15. The highest BCUT2D eigenvalue weighted by Crippen LogP contribution is 2.29. The quantitative estimate of drug-likeness (QED) is 0.683. The topological polar surface area (TPSA) is 56.5 Å². The van der Waals surface area contributed by atoms with Gasteiger partial charge in [-0.2, -0.15) is 0 Å². The third-order valence-corrected chi connectivity index (χ3v) is 4.19. The van der Waals surface area contributed by atoms with E-state index in [9.17, 15) is 0 Å². The van der Waals surface area contributed by atoms with E-state index < -0.39 is 0 Å². The van der Waals surface area contributed by atoms with Crippen molar-refractivity contribution in [3.63, 3.8) is 0 Å². The molecule has 0 radical (unpaired) electrons. The molecule has 7 heteroatoms. The summed E-state index contributed by atoms with van der Waals surface area (Å²) in [5.74, 6) is 1.46. The van der Waals surface area contributed by atoms with Crippen molar-refractivity contribution in [1.82, 2.24) is 24.7 Å². The Morgan fingerprint density at radius 2 is 1.82 bits per heavy atom. The molecule has 0 fully saturated rings. The molecular weight excluding hydrogens is 318 g/mol. The van der Waals surface area contributed by atoms with E-state index in [4.69, 9.17) is 11.6 Å². The number of aromatic nitrogens is 5. The predicted octanol–water partition coefficient (Wildman–Crippen LogP) is 3.79. The maximum absolute atomic E-state index is 6.00. The molecule has 0 spiro atoms. The summed E-state index contributed by atoms with van der Waals surface area (Å²) in [5.41, 5.74) is 2.22. The number of benzene rings is 1. The SMILES string of the molecule is Cc1nc(Cl)cc(Sc2nnc(C)n2-c2ccccc2C)n1. The molecule has 3 aromatic rings. The molecule has 2 heterocycles. The Labute approximate surface area is 137 Å². The Morgan fingerprint density at radius 3 is 2.55 bits per heavy atom. The molecule has 0 unspecified atom stereocenters. The number of halogens is 1. The summed E-state index contributed by atoms with van der Waals surface area (Å²) in [7, 11) is 0. The van der Waals surface area contributed by atoms with Crippen LogP contribution in [0.3, 0.4) is 0 Å². The van der Waals surface area contributed by atoms with Crippen LogP contribution in [0.4, 0.5) is 0 Å². The van der Waals surface area contributed by atoms with Crippen LogP contribution in [0, 0.1) is 20.8 Å². The van der Waals surface area contributed by atoms with Crippen LogP contribution in [0.2, 0.25) is 5.15 Å². The summed E-state index contributed by atoms with van der Waals surface area (Å²) in [5, 5.41) is 10.4. The first kappa shape index (κ1) is 15.0. The van der Waals surface area contributed by atoms with Crippen LogP contribution in [0.1, 0.15) is 17.2 Å². The Kier molecular flexibility index (Phi) is 4.13. The molecule has 1 aromatic carbocycles. The third-order valence-electron chi connectivity index (χ3n) is 3.13. The second kappa shape index (κ2) is 6.06. The molecule has 0 aliphatic rings. The van der Waals surface area contributed by atoms with Gasteiger partial charge in [-0.3, -0.25) is 4.57 Å². The molecule has 0 aliphatic carbocycles. The molecule has 22 heavy (non-hydrogen) atoms. The number of aryl methyl sites for hydroxylation is 3. The first-order valence-corrected chi connectivity index (χ1v) is 7.91. The molecular formula is C15H14ClN5S. The van der Waals surface area contributed by atoms with Crippen LogP contribution in [0.15, 0.2) is 40.5 Å². The van der Waals surface area contributed by atoms with E-state index in [1.54, 1.807) is 6.07 Å². The fraction of sp³-hybridized carbons (Fsp3) is 0.200. The van der Waals surface area contributed by atoms with Gasteiger partial charge in [0.1, 0.15) is 21.8 Å². The number of para-hydroxylation sites is 1. The van der Waals surface area contributed by atoms with Gasteiger partial charge in [0.25, 0.3) is 0 Å². The maximum Gasteiger partial charge on any atom is 0.202 e. The average molecular weight is 332 g/mol. The van der Waals surface area contributed by atoms with E-state index in [0.29, 0.717) is 11.0 Å². The molecule has 0 atom stereocenters. The maximum atomic E-state index is 6.00. The van der Waals surface area contributed by atoms with Crippen LogP contribution in [-0.4, -0.2) is 24.7 Å². The number of hydrogen-bond donors (Lipinski definition) is 0. The minimum Gasteiger partial charge on any atom is -0.274 e. The van der Waals surface area contributed by atoms with Gasteiger partial charge in [0.15, 0.2) is 0 Å². The largest absolute Gasteiger partial charge is 0.274 e.